The average Bonchev–Trinajstić information content (AvgIpc) is 3.24. The second kappa shape index (κ2) is 8.58. The summed E-state index contributed by atoms with van der Waals surface area (Å²) in [5.41, 5.74) is -3.91. The van der Waals surface area contributed by atoms with Gasteiger partial charge in [-0.3, -0.25) is 4.79 Å². The highest BCUT2D eigenvalue weighted by atomic mass is 19.4. The molecule has 6 nitrogen and oxygen atoms in total. The molecule has 1 amide bonds. The van der Waals surface area contributed by atoms with Crippen LogP contribution in [0.2, 0.25) is 0 Å². The molecule has 0 bridgehead atoms. The van der Waals surface area contributed by atoms with Gasteiger partial charge in [-0.1, -0.05) is 18.2 Å². The lowest BCUT2D eigenvalue weighted by Crippen LogP contribution is -2.42. The van der Waals surface area contributed by atoms with Crippen molar-refractivity contribution in [1.29, 1.82) is 0 Å². The van der Waals surface area contributed by atoms with Crippen molar-refractivity contribution < 1.29 is 40.6 Å². The molecule has 0 aliphatic carbocycles. The first-order valence-electron chi connectivity index (χ1n) is 9.92. The number of ether oxygens (including phenoxy) is 2. The highest BCUT2D eigenvalue weighted by Gasteiger charge is 2.42. The Morgan fingerprint density at radius 3 is 2.44 bits per heavy atom. The fraction of sp³-hybridized carbons (Fsp3) is 0.273. The van der Waals surface area contributed by atoms with E-state index < -0.39 is 46.9 Å². The van der Waals surface area contributed by atoms with Crippen LogP contribution in [0, 0.1) is 0 Å². The Labute approximate surface area is 189 Å². The van der Waals surface area contributed by atoms with Gasteiger partial charge >= 0.3 is 12.4 Å². The quantitative estimate of drug-likeness (QED) is 0.498. The summed E-state index contributed by atoms with van der Waals surface area (Å²) in [5, 5.41) is 3.58. The number of hydrogen-bond donors (Lipinski definition) is 0. The number of hydrogen-bond acceptors (Lipinski definition) is 4. The smallest absolute Gasteiger partial charge is 0.434 e. The first kappa shape index (κ1) is 23.5. The summed E-state index contributed by atoms with van der Waals surface area (Å²) < 4.78 is 92.4. The Hall–Kier alpha value is -3.70. The number of benzene rings is 2. The van der Waals surface area contributed by atoms with Gasteiger partial charge in [0.2, 0.25) is 0 Å². The van der Waals surface area contributed by atoms with Crippen LogP contribution in [0.4, 0.5) is 26.3 Å². The van der Waals surface area contributed by atoms with Gasteiger partial charge in [-0.25, -0.2) is 4.68 Å². The van der Waals surface area contributed by atoms with Crippen LogP contribution < -0.4 is 9.47 Å². The number of halogens is 6. The van der Waals surface area contributed by atoms with Gasteiger partial charge in [0, 0.05) is 7.05 Å². The van der Waals surface area contributed by atoms with Crippen molar-refractivity contribution in [2.75, 3.05) is 20.2 Å². The molecule has 3 aromatic rings. The van der Waals surface area contributed by atoms with Crippen LogP contribution in [0.25, 0.3) is 5.69 Å². The molecule has 0 fully saturated rings. The fourth-order valence-electron chi connectivity index (χ4n) is 3.53. The van der Waals surface area contributed by atoms with Gasteiger partial charge in [-0.15, -0.1) is 0 Å². The van der Waals surface area contributed by atoms with Crippen LogP contribution >= 0.6 is 0 Å². The minimum absolute atomic E-state index is 0.0737. The van der Waals surface area contributed by atoms with Gasteiger partial charge < -0.3 is 14.4 Å². The number of alkyl halides is 6. The van der Waals surface area contributed by atoms with Crippen molar-refractivity contribution >= 4 is 5.91 Å². The third kappa shape index (κ3) is 4.66. The molecule has 0 spiro atoms. The number of amides is 1. The first-order chi connectivity index (χ1) is 15.9. The molecule has 0 saturated carbocycles. The maximum atomic E-state index is 13.9. The Kier molecular flexibility index (Phi) is 5.92. The second-order valence-corrected chi connectivity index (χ2v) is 7.55. The molecule has 1 aromatic heterocycles. The molecular formula is C22H17F6N3O3. The maximum absolute atomic E-state index is 13.9. The molecule has 0 N–H and O–H groups in total. The summed E-state index contributed by atoms with van der Waals surface area (Å²) in [6.45, 7) is -0.0243. The van der Waals surface area contributed by atoms with Crippen molar-refractivity contribution in [3.63, 3.8) is 0 Å². The third-order valence-electron chi connectivity index (χ3n) is 5.08. The van der Waals surface area contributed by atoms with Gasteiger partial charge in [0.25, 0.3) is 5.91 Å². The molecule has 0 radical (unpaired) electrons. The summed E-state index contributed by atoms with van der Waals surface area (Å²) in [7, 11) is 1.29. The van der Waals surface area contributed by atoms with E-state index in [0.29, 0.717) is 23.8 Å². The molecule has 4 rings (SSSR count). The third-order valence-corrected chi connectivity index (χ3v) is 5.08. The highest BCUT2D eigenvalue weighted by Crippen LogP contribution is 2.36. The number of likely N-dealkylation sites (N-methyl/N-ethyl adjacent to an activating group) is 1. The molecule has 2 aromatic carbocycles. The van der Waals surface area contributed by atoms with Crippen molar-refractivity contribution in [3.05, 3.63) is 71.5 Å². The summed E-state index contributed by atoms with van der Waals surface area (Å²) >= 11 is 0. The van der Waals surface area contributed by atoms with E-state index in [9.17, 15) is 31.1 Å². The number of carbonyl (C=O) groups excluding carboxylic acids is 1. The van der Waals surface area contributed by atoms with Crippen LogP contribution in [0.3, 0.4) is 0 Å². The van der Waals surface area contributed by atoms with Crippen LogP contribution in [-0.2, 0) is 12.4 Å². The molecule has 2 heterocycles. The number of nitrogens with zero attached hydrogens (tertiary/aromatic N) is 3. The van der Waals surface area contributed by atoms with Crippen molar-refractivity contribution in [2.24, 2.45) is 0 Å². The van der Waals surface area contributed by atoms with Crippen LogP contribution in [-0.4, -0.2) is 46.9 Å². The first-order valence-corrected chi connectivity index (χ1v) is 9.92. The summed E-state index contributed by atoms with van der Waals surface area (Å²) in [6, 6.07) is 10.1. The number of carbonyl (C=O) groups is 1. The maximum Gasteiger partial charge on any atom is 0.434 e. The highest BCUT2D eigenvalue weighted by molar-refractivity contribution is 5.95. The molecule has 12 heteroatoms. The molecular weight excluding hydrogens is 468 g/mol. The average molecular weight is 485 g/mol. The zero-order valence-corrected chi connectivity index (χ0v) is 17.5. The Balaban J connectivity index is 1.61. The Morgan fingerprint density at radius 2 is 1.76 bits per heavy atom. The van der Waals surface area contributed by atoms with E-state index in [4.69, 9.17) is 9.47 Å². The normalized spacial score (nSPS) is 15.8. The molecule has 1 aliphatic heterocycles. The largest absolute Gasteiger partial charge is 0.486 e. The summed E-state index contributed by atoms with van der Waals surface area (Å²) in [4.78, 5) is 13.9. The van der Waals surface area contributed by atoms with E-state index in [2.05, 4.69) is 5.10 Å². The van der Waals surface area contributed by atoms with E-state index in [1.54, 1.807) is 24.3 Å². The van der Waals surface area contributed by atoms with Gasteiger partial charge in [0.05, 0.1) is 29.6 Å². The lowest BCUT2D eigenvalue weighted by molar-refractivity contribution is -0.143. The topological polar surface area (TPSA) is 56.6 Å². The van der Waals surface area contributed by atoms with E-state index in [-0.39, 0.29) is 17.8 Å². The van der Waals surface area contributed by atoms with Gasteiger partial charge in [-0.2, -0.15) is 31.4 Å². The molecule has 1 atom stereocenters. The summed E-state index contributed by atoms with van der Waals surface area (Å²) in [5.74, 6) is -0.0737. The van der Waals surface area contributed by atoms with Crippen LogP contribution in [0.1, 0.15) is 21.6 Å². The van der Waals surface area contributed by atoms with Crippen molar-refractivity contribution in [1.82, 2.24) is 14.7 Å². The summed E-state index contributed by atoms with van der Waals surface area (Å²) in [6.07, 6.45) is -9.78. The van der Waals surface area contributed by atoms with Gasteiger partial charge in [-0.05, 0) is 30.3 Å². The molecule has 1 unspecified atom stereocenters. The van der Waals surface area contributed by atoms with Gasteiger partial charge in [0.15, 0.2) is 23.3 Å². The molecule has 1 aliphatic rings. The van der Waals surface area contributed by atoms with Crippen molar-refractivity contribution in [3.8, 4) is 17.2 Å². The zero-order valence-electron chi connectivity index (χ0n) is 17.5. The molecule has 0 saturated heterocycles. The Bertz CT molecular complexity index is 1210. The Morgan fingerprint density at radius 1 is 1.06 bits per heavy atom. The predicted octanol–water partition coefficient (Wildman–Crippen LogP) is 4.82. The lowest BCUT2D eigenvalue weighted by atomic mass is 10.1. The predicted molar refractivity (Wildman–Crippen MR) is 107 cm³/mol. The standard InChI is InChI=1S/C22H17F6N3O3/c1-30(11-15-12-33-17-7-2-3-8-18(17)34-15)20(32)16-10-29-31(19(16)22(26,27)28)14-6-4-5-13(9-14)21(23,24)25/h2-10,15H,11-12H2,1H3. The molecule has 34 heavy (non-hydrogen) atoms. The monoisotopic (exact) mass is 485 g/mol. The van der Waals surface area contributed by atoms with Gasteiger partial charge in [0.1, 0.15) is 6.61 Å². The minimum atomic E-state index is -5.07. The lowest BCUT2D eigenvalue weighted by Gasteiger charge is -2.29. The van der Waals surface area contributed by atoms with E-state index in [1.807, 2.05) is 0 Å². The van der Waals surface area contributed by atoms with Crippen LogP contribution in [0.15, 0.2) is 54.7 Å². The van der Waals surface area contributed by atoms with E-state index in [1.165, 1.54) is 7.05 Å². The molecule has 180 valence electrons. The SMILES string of the molecule is CN(CC1COc2ccccc2O1)C(=O)c1cnn(-c2cccc(C(F)(F)F)c2)c1C(F)(F)F. The number of aromatic nitrogens is 2. The van der Waals surface area contributed by atoms with Crippen molar-refractivity contribution in [2.45, 2.75) is 18.5 Å². The number of rotatable bonds is 4. The van der Waals surface area contributed by atoms with Crippen LogP contribution in [0.5, 0.6) is 11.5 Å². The number of para-hydroxylation sites is 2. The second-order valence-electron chi connectivity index (χ2n) is 7.55. The minimum Gasteiger partial charge on any atom is -0.486 e. The fourth-order valence-corrected chi connectivity index (χ4v) is 3.53. The van der Waals surface area contributed by atoms with E-state index >= 15 is 0 Å². The number of fused-ring (bicyclic) bond motifs is 1. The zero-order chi connectivity index (χ0) is 24.7. The van der Waals surface area contributed by atoms with E-state index in [0.717, 1.165) is 23.1 Å².